The van der Waals surface area contributed by atoms with Crippen molar-refractivity contribution in [2.45, 2.75) is 37.8 Å². The molecule has 1 amide bonds. The molecule has 2 heterocycles. The third kappa shape index (κ3) is 3.82. The summed E-state index contributed by atoms with van der Waals surface area (Å²) in [5, 5.41) is 0.275. The van der Waals surface area contributed by atoms with Gasteiger partial charge in [-0.05, 0) is 18.9 Å². The van der Waals surface area contributed by atoms with Crippen LogP contribution in [0.5, 0.6) is 0 Å². The highest BCUT2D eigenvalue weighted by atomic mass is 35.5. The van der Waals surface area contributed by atoms with Crippen LogP contribution in [0.2, 0.25) is 10.2 Å². The molecule has 0 N–H and O–H groups in total. The first kappa shape index (κ1) is 17.5. The summed E-state index contributed by atoms with van der Waals surface area (Å²) in [6.07, 6.45) is 5.49. The molecule has 0 bridgehead atoms. The fourth-order valence-corrected chi connectivity index (χ4v) is 3.50. The lowest BCUT2D eigenvalue weighted by Gasteiger charge is -2.43. The molecule has 1 aliphatic heterocycles. The van der Waals surface area contributed by atoms with E-state index in [1.807, 2.05) is 0 Å². The number of carbonyl (C=O) groups excluding carboxylic acids is 2. The number of halogens is 2. The molecule has 8 heteroatoms. The minimum atomic E-state index is -0.650. The predicted molar refractivity (Wildman–Crippen MR) is 88.2 cm³/mol. The number of morpholine rings is 1. The van der Waals surface area contributed by atoms with Crippen molar-refractivity contribution < 1.29 is 19.1 Å². The normalized spacial score (nSPS) is 23.5. The van der Waals surface area contributed by atoms with E-state index < -0.39 is 5.97 Å². The van der Waals surface area contributed by atoms with E-state index in [1.54, 1.807) is 4.90 Å². The molecule has 1 aromatic heterocycles. The average molecular weight is 373 g/mol. The summed E-state index contributed by atoms with van der Waals surface area (Å²) < 4.78 is 10.8. The van der Waals surface area contributed by atoms with Gasteiger partial charge in [0.05, 0.1) is 29.3 Å². The third-order valence-electron chi connectivity index (χ3n) is 4.41. The summed E-state index contributed by atoms with van der Waals surface area (Å²) in [7, 11) is 0. The first-order valence-corrected chi connectivity index (χ1v) is 8.71. The van der Waals surface area contributed by atoms with Gasteiger partial charge >= 0.3 is 5.97 Å². The Kier molecular flexibility index (Phi) is 5.58. The molecule has 0 unspecified atom stereocenters. The molecule has 2 atom stereocenters. The number of amides is 1. The van der Waals surface area contributed by atoms with Crippen molar-refractivity contribution in [1.29, 1.82) is 0 Å². The summed E-state index contributed by atoms with van der Waals surface area (Å²) in [6.45, 7) is 0.756. The van der Waals surface area contributed by atoms with E-state index in [2.05, 4.69) is 4.98 Å². The van der Waals surface area contributed by atoms with E-state index in [9.17, 15) is 9.59 Å². The first-order valence-electron chi connectivity index (χ1n) is 7.95. The van der Waals surface area contributed by atoms with E-state index in [0.29, 0.717) is 13.2 Å². The SMILES string of the molecule is O=C(OCC(=O)N1CCO[C@@H]2CCCC[C@H]21)c1cnc(Cl)c(Cl)c1. The van der Waals surface area contributed by atoms with Crippen LogP contribution in [-0.2, 0) is 14.3 Å². The number of pyridine rings is 1. The molecule has 1 aromatic rings. The van der Waals surface area contributed by atoms with Crippen molar-refractivity contribution >= 4 is 35.1 Å². The Labute approximate surface area is 150 Å². The van der Waals surface area contributed by atoms with Crippen LogP contribution in [0.1, 0.15) is 36.0 Å². The fraction of sp³-hybridized carbons (Fsp3) is 0.562. The summed E-state index contributed by atoms with van der Waals surface area (Å²) >= 11 is 11.5. The number of nitrogens with zero attached hydrogens (tertiary/aromatic N) is 2. The molecule has 2 aliphatic rings. The highest BCUT2D eigenvalue weighted by molar-refractivity contribution is 6.41. The lowest BCUT2D eigenvalue weighted by atomic mass is 9.90. The molecular weight excluding hydrogens is 355 g/mol. The number of hydrogen-bond acceptors (Lipinski definition) is 5. The Morgan fingerprint density at radius 1 is 1.33 bits per heavy atom. The average Bonchev–Trinajstić information content (AvgIpc) is 2.61. The smallest absolute Gasteiger partial charge is 0.340 e. The number of rotatable bonds is 3. The van der Waals surface area contributed by atoms with Gasteiger partial charge in [-0.15, -0.1) is 0 Å². The number of fused-ring (bicyclic) bond motifs is 1. The zero-order chi connectivity index (χ0) is 17.1. The van der Waals surface area contributed by atoms with Crippen molar-refractivity contribution in [3.63, 3.8) is 0 Å². The maximum atomic E-state index is 12.4. The second kappa shape index (κ2) is 7.68. The van der Waals surface area contributed by atoms with E-state index in [4.69, 9.17) is 32.7 Å². The van der Waals surface area contributed by atoms with Crippen LogP contribution in [0.15, 0.2) is 12.3 Å². The Morgan fingerprint density at radius 3 is 2.92 bits per heavy atom. The van der Waals surface area contributed by atoms with Gasteiger partial charge in [0.25, 0.3) is 5.91 Å². The minimum Gasteiger partial charge on any atom is -0.452 e. The summed E-state index contributed by atoms with van der Waals surface area (Å²) in [6, 6.07) is 1.46. The maximum Gasteiger partial charge on any atom is 0.340 e. The summed E-state index contributed by atoms with van der Waals surface area (Å²) in [4.78, 5) is 30.0. The van der Waals surface area contributed by atoms with Crippen LogP contribution in [0, 0.1) is 0 Å². The number of ether oxygens (including phenoxy) is 2. The minimum absolute atomic E-state index is 0.0883. The highest BCUT2D eigenvalue weighted by Crippen LogP contribution is 2.28. The molecule has 6 nitrogen and oxygen atoms in total. The lowest BCUT2D eigenvalue weighted by Crippen LogP contribution is -2.55. The number of hydrogen-bond donors (Lipinski definition) is 0. The van der Waals surface area contributed by atoms with Gasteiger partial charge in [0.1, 0.15) is 5.15 Å². The van der Waals surface area contributed by atoms with Crippen LogP contribution in [0.3, 0.4) is 0 Å². The van der Waals surface area contributed by atoms with Crippen molar-refractivity contribution in [2.24, 2.45) is 0 Å². The van der Waals surface area contributed by atoms with E-state index in [0.717, 1.165) is 25.7 Å². The van der Waals surface area contributed by atoms with Crippen molar-refractivity contribution in [2.75, 3.05) is 19.8 Å². The van der Waals surface area contributed by atoms with Gasteiger partial charge in [-0.1, -0.05) is 36.0 Å². The van der Waals surface area contributed by atoms with E-state index in [1.165, 1.54) is 12.3 Å². The predicted octanol–water partition coefficient (Wildman–Crippen LogP) is 2.72. The van der Waals surface area contributed by atoms with Crippen molar-refractivity contribution in [3.05, 3.63) is 28.0 Å². The highest BCUT2D eigenvalue weighted by Gasteiger charge is 2.36. The third-order valence-corrected chi connectivity index (χ3v) is 5.10. The van der Waals surface area contributed by atoms with Crippen LogP contribution in [0.25, 0.3) is 0 Å². The largest absolute Gasteiger partial charge is 0.452 e. The molecular formula is C16H18Cl2N2O4. The molecule has 1 saturated carbocycles. The Balaban J connectivity index is 1.58. The zero-order valence-corrected chi connectivity index (χ0v) is 14.6. The van der Waals surface area contributed by atoms with Crippen LogP contribution < -0.4 is 0 Å². The van der Waals surface area contributed by atoms with E-state index >= 15 is 0 Å². The molecule has 1 saturated heterocycles. The molecule has 0 spiro atoms. The Bertz CT molecular complexity index is 639. The topological polar surface area (TPSA) is 68.7 Å². The number of esters is 1. The fourth-order valence-electron chi connectivity index (χ4n) is 3.23. The number of aromatic nitrogens is 1. The molecule has 2 fully saturated rings. The van der Waals surface area contributed by atoms with Gasteiger partial charge in [-0.25, -0.2) is 9.78 Å². The molecule has 24 heavy (non-hydrogen) atoms. The Hall–Kier alpha value is -1.37. The second-order valence-electron chi connectivity index (χ2n) is 5.92. The van der Waals surface area contributed by atoms with Crippen molar-refractivity contribution in [3.8, 4) is 0 Å². The van der Waals surface area contributed by atoms with Crippen LogP contribution in [-0.4, -0.2) is 53.7 Å². The van der Waals surface area contributed by atoms with Gasteiger partial charge in [-0.2, -0.15) is 0 Å². The maximum absolute atomic E-state index is 12.4. The quantitative estimate of drug-likeness (QED) is 0.602. The first-order chi connectivity index (χ1) is 11.6. The molecule has 130 valence electrons. The monoisotopic (exact) mass is 372 g/mol. The van der Waals surface area contributed by atoms with Gasteiger partial charge < -0.3 is 14.4 Å². The summed E-state index contributed by atoms with van der Waals surface area (Å²) in [5.41, 5.74) is 0.162. The van der Waals surface area contributed by atoms with Crippen LogP contribution in [0.4, 0.5) is 0 Å². The summed E-state index contributed by atoms with van der Waals surface area (Å²) in [5.74, 6) is -0.848. The Morgan fingerprint density at radius 2 is 2.12 bits per heavy atom. The van der Waals surface area contributed by atoms with Gasteiger partial charge in [0.2, 0.25) is 0 Å². The van der Waals surface area contributed by atoms with Gasteiger partial charge in [0, 0.05) is 12.7 Å². The number of carbonyl (C=O) groups is 2. The van der Waals surface area contributed by atoms with Crippen molar-refractivity contribution in [1.82, 2.24) is 9.88 Å². The van der Waals surface area contributed by atoms with Gasteiger partial charge in [-0.3, -0.25) is 4.79 Å². The van der Waals surface area contributed by atoms with Gasteiger partial charge in [0.15, 0.2) is 6.61 Å². The lowest BCUT2D eigenvalue weighted by molar-refractivity contribution is -0.152. The molecule has 0 radical (unpaired) electrons. The standard InChI is InChI=1S/C16H18Cl2N2O4/c17-11-7-10(8-19-15(11)18)16(22)24-9-14(21)20-5-6-23-13-4-2-1-3-12(13)20/h7-8,12-13H,1-6,9H2/t12-,13-/m1/s1. The second-order valence-corrected chi connectivity index (χ2v) is 6.69. The molecule has 0 aromatic carbocycles. The van der Waals surface area contributed by atoms with Crippen LogP contribution >= 0.6 is 23.2 Å². The van der Waals surface area contributed by atoms with E-state index in [-0.39, 0.29) is 40.4 Å². The molecule has 3 rings (SSSR count). The molecule has 1 aliphatic carbocycles. The zero-order valence-electron chi connectivity index (χ0n) is 13.0.